The lowest BCUT2D eigenvalue weighted by Gasteiger charge is -2.07. The lowest BCUT2D eigenvalue weighted by molar-refractivity contribution is 0.112. The molecule has 2 rings (SSSR count). The SMILES string of the molecule is Cc1c(Br)cccc1-c1ccc(C=O)cc1. The van der Waals surface area contributed by atoms with Crippen molar-refractivity contribution in [1.29, 1.82) is 0 Å². The number of rotatable bonds is 2. The monoisotopic (exact) mass is 274 g/mol. The molecule has 80 valence electrons. The predicted octanol–water partition coefficient (Wildman–Crippen LogP) is 4.24. The summed E-state index contributed by atoms with van der Waals surface area (Å²) in [5.74, 6) is 0. The molecule has 0 aromatic heterocycles. The Morgan fingerprint density at radius 2 is 1.75 bits per heavy atom. The normalized spacial score (nSPS) is 10.1. The summed E-state index contributed by atoms with van der Waals surface area (Å²) in [5, 5.41) is 0. The maximum atomic E-state index is 10.6. The third-order valence-electron chi connectivity index (χ3n) is 2.63. The quantitative estimate of drug-likeness (QED) is 0.749. The van der Waals surface area contributed by atoms with Gasteiger partial charge in [-0.25, -0.2) is 0 Å². The Hall–Kier alpha value is -1.41. The summed E-state index contributed by atoms with van der Waals surface area (Å²) in [4.78, 5) is 10.6. The van der Waals surface area contributed by atoms with Crippen LogP contribution in [0.2, 0.25) is 0 Å². The molecule has 0 N–H and O–H groups in total. The van der Waals surface area contributed by atoms with Crippen molar-refractivity contribution in [3.8, 4) is 11.1 Å². The van der Waals surface area contributed by atoms with Crippen LogP contribution in [0.3, 0.4) is 0 Å². The molecule has 0 saturated heterocycles. The molecule has 16 heavy (non-hydrogen) atoms. The second-order valence-corrected chi connectivity index (χ2v) is 4.51. The number of carbonyl (C=O) groups is 1. The van der Waals surface area contributed by atoms with Gasteiger partial charge in [-0.2, -0.15) is 0 Å². The standard InChI is InChI=1S/C14H11BrO/c1-10-13(3-2-4-14(10)15)12-7-5-11(9-16)6-8-12/h2-9H,1H3. The van der Waals surface area contributed by atoms with Crippen LogP contribution in [0.25, 0.3) is 11.1 Å². The average molecular weight is 275 g/mol. The third kappa shape index (κ3) is 2.07. The molecule has 0 radical (unpaired) electrons. The van der Waals surface area contributed by atoms with E-state index in [1.54, 1.807) is 0 Å². The molecular formula is C14H11BrO. The first-order valence-corrected chi connectivity index (χ1v) is 5.82. The van der Waals surface area contributed by atoms with Crippen molar-refractivity contribution in [2.75, 3.05) is 0 Å². The van der Waals surface area contributed by atoms with Gasteiger partial charge in [-0.3, -0.25) is 4.79 Å². The van der Waals surface area contributed by atoms with Gasteiger partial charge in [-0.05, 0) is 29.7 Å². The van der Waals surface area contributed by atoms with E-state index in [-0.39, 0.29) is 0 Å². The Kier molecular flexibility index (Phi) is 3.20. The van der Waals surface area contributed by atoms with Crippen molar-refractivity contribution >= 4 is 22.2 Å². The molecule has 0 atom stereocenters. The maximum absolute atomic E-state index is 10.6. The van der Waals surface area contributed by atoms with Crippen molar-refractivity contribution < 1.29 is 4.79 Å². The van der Waals surface area contributed by atoms with Crippen LogP contribution in [0, 0.1) is 6.92 Å². The lowest BCUT2D eigenvalue weighted by atomic mass is 10.00. The number of benzene rings is 2. The molecule has 1 nitrogen and oxygen atoms in total. The molecule has 0 fully saturated rings. The zero-order valence-corrected chi connectivity index (χ0v) is 10.5. The molecule has 0 aliphatic heterocycles. The summed E-state index contributed by atoms with van der Waals surface area (Å²) in [7, 11) is 0. The molecule has 0 unspecified atom stereocenters. The largest absolute Gasteiger partial charge is 0.298 e. The second kappa shape index (κ2) is 4.62. The van der Waals surface area contributed by atoms with E-state index in [0.29, 0.717) is 5.56 Å². The molecular weight excluding hydrogens is 264 g/mol. The predicted molar refractivity (Wildman–Crippen MR) is 69.7 cm³/mol. The van der Waals surface area contributed by atoms with Crippen LogP contribution in [-0.2, 0) is 0 Å². The molecule has 0 aliphatic rings. The first kappa shape index (κ1) is 11.1. The summed E-state index contributed by atoms with van der Waals surface area (Å²) < 4.78 is 1.10. The van der Waals surface area contributed by atoms with Crippen LogP contribution in [0.4, 0.5) is 0 Å². The fourth-order valence-electron chi connectivity index (χ4n) is 1.66. The van der Waals surface area contributed by atoms with Gasteiger partial charge in [0.2, 0.25) is 0 Å². The first-order chi connectivity index (χ1) is 7.72. The first-order valence-electron chi connectivity index (χ1n) is 5.03. The molecule has 2 aromatic carbocycles. The van der Waals surface area contributed by atoms with Crippen molar-refractivity contribution in [3.63, 3.8) is 0 Å². The molecule has 0 heterocycles. The van der Waals surface area contributed by atoms with Crippen molar-refractivity contribution in [3.05, 3.63) is 58.1 Å². The fourth-order valence-corrected chi connectivity index (χ4v) is 2.03. The number of carbonyl (C=O) groups excluding carboxylic acids is 1. The number of halogens is 1. The van der Waals surface area contributed by atoms with E-state index in [1.165, 1.54) is 11.1 Å². The van der Waals surface area contributed by atoms with E-state index >= 15 is 0 Å². The van der Waals surface area contributed by atoms with E-state index in [4.69, 9.17) is 0 Å². The zero-order valence-electron chi connectivity index (χ0n) is 8.91. The van der Waals surface area contributed by atoms with Crippen molar-refractivity contribution in [2.24, 2.45) is 0 Å². The van der Waals surface area contributed by atoms with Gasteiger partial charge >= 0.3 is 0 Å². The molecule has 0 spiro atoms. The summed E-state index contributed by atoms with van der Waals surface area (Å²) in [6.07, 6.45) is 0.859. The summed E-state index contributed by atoms with van der Waals surface area (Å²) in [5.41, 5.74) is 4.23. The van der Waals surface area contributed by atoms with Gasteiger partial charge in [0.25, 0.3) is 0 Å². The van der Waals surface area contributed by atoms with E-state index in [2.05, 4.69) is 28.9 Å². The van der Waals surface area contributed by atoms with Crippen molar-refractivity contribution in [1.82, 2.24) is 0 Å². The van der Waals surface area contributed by atoms with Gasteiger partial charge in [0, 0.05) is 10.0 Å². The van der Waals surface area contributed by atoms with Gasteiger partial charge in [-0.1, -0.05) is 52.3 Å². The fraction of sp³-hybridized carbons (Fsp3) is 0.0714. The molecule has 0 amide bonds. The highest BCUT2D eigenvalue weighted by Gasteiger charge is 2.03. The minimum atomic E-state index is 0.705. The van der Waals surface area contributed by atoms with Crippen LogP contribution < -0.4 is 0 Å². The molecule has 2 heteroatoms. The highest BCUT2D eigenvalue weighted by molar-refractivity contribution is 9.10. The molecule has 2 aromatic rings. The Morgan fingerprint density at radius 3 is 2.38 bits per heavy atom. The Morgan fingerprint density at radius 1 is 1.06 bits per heavy atom. The minimum absolute atomic E-state index is 0.705. The van der Waals surface area contributed by atoms with Gasteiger partial charge in [0.15, 0.2) is 0 Å². The Balaban J connectivity index is 2.50. The maximum Gasteiger partial charge on any atom is 0.150 e. The van der Waals surface area contributed by atoms with Crippen molar-refractivity contribution in [2.45, 2.75) is 6.92 Å². The van der Waals surface area contributed by atoms with Gasteiger partial charge in [0.1, 0.15) is 6.29 Å². The lowest BCUT2D eigenvalue weighted by Crippen LogP contribution is -1.85. The number of hydrogen-bond donors (Lipinski definition) is 0. The summed E-state index contributed by atoms with van der Waals surface area (Å²) in [6.45, 7) is 2.08. The van der Waals surface area contributed by atoms with Gasteiger partial charge in [-0.15, -0.1) is 0 Å². The summed E-state index contributed by atoms with van der Waals surface area (Å²) >= 11 is 3.52. The average Bonchev–Trinajstić information content (AvgIpc) is 2.33. The van der Waals surface area contributed by atoms with E-state index in [1.807, 2.05) is 36.4 Å². The topological polar surface area (TPSA) is 17.1 Å². The highest BCUT2D eigenvalue weighted by atomic mass is 79.9. The van der Waals surface area contributed by atoms with E-state index in [0.717, 1.165) is 16.3 Å². The highest BCUT2D eigenvalue weighted by Crippen LogP contribution is 2.28. The van der Waals surface area contributed by atoms with Gasteiger partial charge in [0.05, 0.1) is 0 Å². The number of aldehydes is 1. The zero-order chi connectivity index (χ0) is 11.5. The van der Waals surface area contributed by atoms with Crippen LogP contribution >= 0.6 is 15.9 Å². The minimum Gasteiger partial charge on any atom is -0.298 e. The van der Waals surface area contributed by atoms with Crippen LogP contribution in [0.5, 0.6) is 0 Å². The summed E-state index contributed by atoms with van der Waals surface area (Å²) in [6, 6.07) is 13.7. The van der Waals surface area contributed by atoms with E-state index < -0.39 is 0 Å². The van der Waals surface area contributed by atoms with E-state index in [9.17, 15) is 4.79 Å². The Bertz CT molecular complexity index is 515. The van der Waals surface area contributed by atoms with Gasteiger partial charge < -0.3 is 0 Å². The smallest absolute Gasteiger partial charge is 0.150 e. The Labute approximate surface area is 103 Å². The number of hydrogen-bond acceptors (Lipinski definition) is 1. The molecule has 0 aliphatic carbocycles. The van der Waals surface area contributed by atoms with Crippen LogP contribution in [0.1, 0.15) is 15.9 Å². The molecule has 0 saturated carbocycles. The molecule has 0 bridgehead atoms. The third-order valence-corrected chi connectivity index (χ3v) is 3.48. The van der Waals surface area contributed by atoms with Crippen LogP contribution in [0.15, 0.2) is 46.9 Å². The second-order valence-electron chi connectivity index (χ2n) is 3.65. The van der Waals surface area contributed by atoms with Crippen LogP contribution in [-0.4, -0.2) is 6.29 Å².